The Labute approximate surface area is 261 Å². The van der Waals surface area contributed by atoms with E-state index in [1.54, 1.807) is 4.31 Å². The predicted molar refractivity (Wildman–Crippen MR) is 179 cm³/mol. The second-order valence-electron chi connectivity index (χ2n) is 10.6. The number of hydrogen-bond donors (Lipinski definition) is 2. The van der Waals surface area contributed by atoms with Gasteiger partial charge in [-0.25, -0.2) is 8.42 Å². The van der Waals surface area contributed by atoms with Crippen molar-refractivity contribution >= 4 is 63.4 Å². The number of piperazine rings is 1. The first-order valence-electron chi connectivity index (χ1n) is 13.9. The number of rotatable bonds is 5. The lowest BCUT2D eigenvalue weighted by Gasteiger charge is -2.35. The summed E-state index contributed by atoms with van der Waals surface area (Å²) in [7, 11) is -10.8. The van der Waals surface area contributed by atoms with E-state index in [0.717, 1.165) is 18.6 Å². The average molecular weight is 670 g/mol. The van der Waals surface area contributed by atoms with Crippen LogP contribution in [0.15, 0.2) is 60.9 Å². The number of piperidine rings is 1. The molecule has 2 fully saturated rings. The van der Waals surface area contributed by atoms with Crippen LogP contribution >= 0.6 is 0 Å². The van der Waals surface area contributed by atoms with Crippen LogP contribution in [0.25, 0.3) is 21.8 Å². The van der Waals surface area contributed by atoms with Crippen LogP contribution in [0.3, 0.4) is 0 Å². The van der Waals surface area contributed by atoms with Gasteiger partial charge >= 0.3 is 0 Å². The van der Waals surface area contributed by atoms with Crippen LogP contribution in [0.5, 0.6) is 0 Å². The first-order valence-corrected chi connectivity index (χ1v) is 19.4. The van der Waals surface area contributed by atoms with Gasteiger partial charge in [0.25, 0.3) is 20.2 Å². The monoisotopic (exact) mass is 669 g/mol. The van der Waals surface area contributed by atoms with Crippen LogP contribution in [0.4, 0.5) is 11.4 Å². The minimum Gasteiger partial charge on any atom is -0.371 e. The Hall–Kier alpha value is -3.11. The summed E-state index contributed by atoms with van der Waals surface area (Å²) in [6.45, 7) is 5.00. The second kappa shape index (κ2) is 14.8. The molecular formula is C29H43N5O7S3. The molecule has 0 atom stereocenters. The van der Waals surface area contributed by atoms with Gasteiger partial charge in [0, 0.05) is 84.8 Å². The number of aromatic amines is 2. The molecule has 0 amide bonds. The van der Waals surface area contributed by atoms with Crippen LogP contribution < -0.4 is 9.80 Å². The summed E-state index contributed by atoms with van der Waals surface area (Å²) in [6.07, 6.45) is 10.6. The summed E-state index contributed by atoms with van der Waals surface area (Å²) in [5, 5.41) is 2.55. The maximum atomic E-state index is 11.5. The van der Waals surface area contributed by atoms with Crippen molar-refractivity contribution < 1.29 is 28.9 Å². The fraction of sp³-hybridized carbons (Fsp3) is 0.448. The summed E-state index contributed by atoms with van der Waals surface area (Å²) in [5.41, 5.74) is 4.93. The molecule has 12 nitrogen and oxygen atoms in total. The Kier molecular flexibility index (Phi) is 11.9. The second-order valence-corrected chi connectivity index (χ2v) is 15.9. The maximum absolute atomic E-state index is 11.5. The summed E-state index contributed by atoms with van der Waals surface area (Å²) in [5.74, 6) is 0. The van der Waals surface area contributed by atoms with Crippen LogP contribution in [0, 0.1) is 0 Å². The molecule has 2 saturated heterocycles. The molecule has 4 heterocycles. The molecule has 2 aliphatic heterocycles. The topological polar surface area (TPSA) is 153 Å². The van der Waals surface area contributed by atoms with E-state index < -0.39 is 30.3 Å². The molecule has 15 heteroatoms. The van der Waals surface area contributed by atoms with E-state index in [2.05, 4.69) is 59.8 Å². The molecule has 4 aromatic rings. The third kappa shape index (κ3) is 9.95. The van der Waals surface area contributed by atoms with E-state index >= 15 is 0 Å². The minimum atomic E-state index is -3.87. The SMILES string of the molecule is C.CS(=O)(=O)N1CCN(c2cccc3[nH]ccc23)CC1.CS(=O)(=O)OS(C)(=O)=O.c1cc(N2CCCCC2)c2cc[nH]c2c1. The predicted octanol–water partition coefficient (Wildman–Crippen LogP) is 3.97. The van der Waals surface area contributed by atoms with Gasteiger partial charge in [-0.1, -0.05) is 19.6 Å². The summed E-state index contributed by atoms with van der Waals surface area (Å²) >= 11 is 0. The molecule has 2 N–H and O–H groups in total. The molecule has 0 radical (unpaired) electrons. The zero-order valence-electron chi connectivity index (χ0n) is 24.6. The number of benzene rings is 2. The molecule has 2 aliphatic rings. The van der Waals surface area contributed by atoms with E-state index in [1.807, 2.05) is 24.5 Å². The number of aromatic nitrogens is 2. The minimum absolute atomic E-state index is 0. The Morgan fingerprint density at radius 3 is 1.41 bits per heavy atom. The smallest absolute Gasteiger partial charge is 0.278 e. The normalized spacial score (nSPS) is 16.4. The van der Waals surface area contributed by atoms with Crippen molar-refractivity contribution in [1.82, 2.24) is 14.3 Å². The van der Waals surface area contributed by atoms with Gasteiger partial charge in [0.15, 0.2) is 0 Å². The quantitative estimate of drug-likeness (QED) is 0.322. The summed E-state index contributed by atoms with van der Waals surface area (Å²) in [6, 6.07) is 16.9. The fourth-order valence-electron chi connectivity index (χ4n) is 5.31. The maximum Gasteiger partial charge on any atom is 0.278 e. The number of hydrogen-bond acceptors (Lipinski definition) is 9. The molecule has 6 rings (SSSR count). The number of nitrogens with zero attached hydrogens (tertiary/aromatic N) is 3. The molecule has 0 bridgehead atoms. The van der Waals surface area contributed by atoms with Gasteiger partial charge in [-0.05, 0) is 55.7 Å². The van der Waals surface area contributed by atoms with Crippen LogP contribution in [0.2, 0.25) is 0 Å². The van der Waals surface area contributed by atoms with Crippen molar-refractivity contribution in [2.75, 3.05) is 67.8 Å². The Morgan fingerprint density at radius 2 is 1.02 bits per heavy atom. The molecule has 2 aromatic heterocycles. The van der Waals surface area contributed by atoms with Crippen molar-refractivity contribution in [2.45, 2.75) is 26.7 Å². The van der Waals surface area contributed by atoms with E-state index in [9.17, 15) is 25.3 Å². The van der Waals surface area contributed by atoms with Crippen molar-refractivity contribution in [3.8, 4) is 0 Å². The highest BCUT2D eigenvalue weighted by Gasteiger charge is 2.24. The van der Waals surface area contributed by atoms with Crippen LogP contribution in [-0.4, -0.2) is 97.6 Å². The Bertz CT molecular complexity index is 1810. The molecular weight excluding hydrogens is 627 g/mol. The van der Waals surface area contributed by atoms with Gasteiger partial charge in [0.05, 0.1) is 18.8 Å². The van der Waals surface area contributed by atoms with Crippen molar-refractivity contribution in [2.24, 2.45) is 0 Å². The van der Waals surface area contributed by atoms with Gasteiger partial charge in [-0.2, -0.15) is 21.1 Å². The molecule has 0 saturated carbocycles. The Morgan fingerprint density at radius 1 is 0.591 bits per heavy atom. The first-order chi connectivity index (χ1) is 20.2. The molecule has 0 spiro atoms. The molecule has 244 valence electrons. The molecule has 44 heavy (non-hydrogen) atoms. The summed E-state index contributed by atoms with van der Waals surface area (Å²) < 4.78 is 68.3. The van der Waals surface area contributed by atoms with Crippen LogP contribution in [-0.2, 0) is 33.9 Å². The molecule has 0 unspecified atom stereocenters. The Balaban J connectivity index is 0.000000190. The van der Waals surface area contributed by atoms with Gasteiger partial charge in [0.1, 0.15) is 0 Å². The number of sulfonamides is 1. The zero-order chi connectivity index (χ0) is 31.3. The highest BCUT2D eigenvalue weighted by atomic mass is 32.3. The summed E-state index contributed by atoms with van der Waals surface area (Å²) in [4.78, 5) is 11.2. The van der Waals surface area contributed by atoms with E-state index in [4.69, 9.17) is 0 Å². The lowest BCUT2D eigenvalue weighted by Crippen LogP contribution is -2.48. The zero-order valence-corrected chi connectivity index (χ0v) is 27.0. The van der Waals surface area contributed by atoms with Crippen molar-refractivity contribution in [1.29, 1.82) is 0 Å². The lowest BCUT2D eigenvalue weighted by atomic mass is 10.1. The standard InChI is InChI=1S/C13H17N3O2S.C13H16N2.C2H6O5S2.CH4/c1-19(17,18)16-9-7-15(8-10-16)13-4-2-3-12-11(13)5-6-14-12;1-2-9-15(10-3-1)13-6-4-5-12-11(13)7-8-14-12;1-8(3,4)7-9(2,5)6;/h2-6,14H,7-10H2,1H3;4-8,14H,1-3,9-10H2;1-2H3;1H4. The lowest BCUT2D eigenvalue weighted by molar-refractivity contribution is 0.388. The third-order valence-corrected chi connectivity index (χ3v) is 10.4. The third-order valence-electron chi connectivity index (χ3n) is 7.14. The number of nitrogens with one attached hydrogen (secondary N) is 2. The number of H-pyrrole nitrogens is 2. The largest absolute Gasteiger partial charge is 0.371 e. The fourth-order valence-corrected chi connectivity index (χ4v) is 7.93. The van der Waals surface area contributed by atoms with E-state index in [1.165, 1.54) is 66.3 Å². The van der Waals surface area contributed by atoms with Gasteiger partial charge in [-0.15, -0.1) is 3.63 Å². The number of anilines is 2. The van der Waals surface area contributed by atoms with Crippen LogP contribution in [0.1, 0.15) is 26.7 Å². The highest BCUT2D eigenvalue weighted by Crippen LogP contribution is 2.29. The average Bonchev–Trinajstić information content (AvgIpc) is 3.61. The van der Waals surface area contributed by atoms with Crippen molar-refractivity contribution in [3.05, 3.63) is 60.9 Å². The first kappa shape index (κ1) is 35.4. The van der Waals surface area contributed by atoms with Gasteiger partial charge in [-0.3, -0.25) is 0 Å². The number of fused-ring (bicyclic) bond motifs is 2. The molecule has 0 aliphatic carbocycles. The van der Waals surface area contributed by atoms with Crippen molar-refractivity contribution in [3.63, 3.8) is 0 Å². The van der Waals surface area contributed by atoms with Gasteiger partial charge < -0.3 is 19.8 Å². The molecule has 2 aromatic carbocycles. The van der Waals surface area contributed by atoms with Gasteiger partial charge in [0.2, 0.25) is 10.0 Å². The van der Waals surface area contributed by atoms with E-state index in [-0.39, 0.29) is 7.43 Å². The highest BCUT2D eigenvalue weighted by molar-refractivity contribution is 7.99. The van der Waals surface area contributed by atoms with E-state index in [0.29, 0.717) is 25.6 Å².